The fourth-order valence-electron chi connectivity index (χ4n) is 3.03. The highest BCUT2D eigenvalue weighted by Crippen LogP contribution is 2.33. The molecule has 1 saturated carbocycles. The standard InChI is InChI=1S/C16H24ClNO/c1-3-18(14-7-5-4-6-8-14)16-10-9-13(12(2)19)11-15(16)17/h9-12,14,19H,3-8H2,1-2H3. The summed E-state index contributed by atoms with van der Waals surface area (Å²) in [6.45, 7) is 4.94. The molecule has 0 amide bonds. The maximum atomic E-state index is 9.61. The van der Waals surface area contributed by atoms with Crippen molar-refractivity contribution in [3.8, 4) is 0 Å². The Morgan fingerprint density at radius 1 is 1.32 bits per heavy atom. The number of benzene rings is 1. The molecule has 1 aromatic carbocycles. The van der Waals surface area contributed by atoms with Gasteiger partial charge in [-0.25, -0.2) is 0 Å². The summed E-state index contributed by atoms with van der Waals surface area (Å²) >= 11 is 6.41. The van der Waals surface area contributed by atoms with Gasteiger partial charge in [0.15, 0.2) is 0 Å². The van der Waals surface area contributed by atoms with Crippen molar-refractivity contribution in [3.63, 3.8) is 0 Å². The van der Waals surface area contributed by atoms with E-state index in [2.05, 4.69) is 17.9 Å². The molecule has 1 atom stereocenters. The van der Waals surface area contributed by atoms with Crippen LogP contribution < -0.4 is 4.90 Å². The van der Waals surface area contributed by atoms with E-state index >= 15 is 0 Å². The molecule has 1 fully saturated rings. The van der Waals surface area contributed by atoms with E-state index < -0.39 is 6.10 Å². The number of hydrogen-bond donors (Lipinski definition) is 1. The molecule has 0 spiro atoms. The molecule has 1 aromatic rings. The van der Waals surface area contributed by atoms with Crippen molar-refractivity contribution in [3.05, 3.63) is 28.8 Å². The molecule has 2 nitrogen and oxygen atoms in total. The number of rotatable bonds is 4. The molecule has 0 saturated heterocycles. The average Bonchev–Trinajstić information content (AvgIpc) is 2.42. The molecule has 0 bridgehead atoms. The van der Waals surface area contributed by atoms with Crippen LogP contribution in [0.25, 0.3) is 0 Å². The molecule has 0 aromatic heterocycles. The van der Waals surface area contributed by atoms with Gasteiger partial charge in [-0.1, -0.05) is 36.9 Å². The molecule has 106 valence electrons. The maximum Gasteiger partial charge on any atom is 0.0762 e. The zero-order chi connectivity index (χ0) is 13.8. The van der Waals surface area contributed by atoms with Crippen LogP contribution in [-0.2, 0) is 0 Å². The van der Waals surface area contributed by atoms with Crippen LogP contribution in [-0.4, -0.2) is 17.7 Å². The first-order valence-corrected chi connectivity index (χ1v) is 7.75. The summed E-state index contributed by atoms with van der Waals surface area (Å²) in [5, 5.41) is 10.4. The summed E-state index contributed by atoms with van der Waals surface area (Å²) in [5.41, 5.74) is 1.99. The van der Waals surface area contributed by atoms with Gasteiger partial charge in [0, 0.05) is 12.6 Å². The topological polar surface area (TPSA) is 23.5 Å². The van der Waals surface area contributed by atoms with E-state index in [-0.39, 0.29) is 0 Å². The van der Waals surface area contributed by atoms with Gasteiger partial charge in [0.05, 0.1) is 16.8 Å². The Hall–Kier alpha value is -0.730. The Bertz CT molecular complexity index is 413. The van der Waals surface area contributed by atoms with Crippen LogP contribution in [0.1, 0.15) is 57.6 Å². The van der Waals surface area contributed by atoms with Crippen LogP contribution in [0.2, 0.25) is 5.02 Å². The van der Waals surface area contributed by atoms with Crippen molar-refractivity contribution >= 4 is 17.3 Å². The first-order chi connectivity index (χ1) is 9.13. The van der Waals surface area contributed by atoms with Crippen molar-refractivity contribution in [1.82, 2.24) is 0 Å². The lowest BCUT2D eigenvalue weighted by Gasteiger charge is -2.36. The molecule has 0 radical (unpaired) electrons. The molecular weight excluding hydrogens is 258 g/mol. The van der Waals surface area contributed by atoms with Gasteiger partial charge in [-0.2, -0.15) is 0 Å². The SMILES string of the molecule is CCN(c1ccc(C(C)O)cc1Cl)C1CCCCC1. The van der Waals surface area contributed by atoms with E-state index in [1.54, 1.807) is 6.92 Å². The molecule has 1 aliphatic rings. The highest BCUT2D eigenvalue weighted by molar-refractivity contribution is 6.33. The van der Waals surface area contributed by atoms with Crippen LogP contribution in [0.5, 0.6) is 0 Å². The van der Waals surface area contributed by atoms with Crippen molar-refractivity contribution in [1.29, 1.82) is 0 Å². The summed E-state index contributed by atoms with van der Waals surface area (Å²) in [5.74, 6) is 0. The van der Waals surface area contributed by atoms with Crippen molar-refractivity contribution in [2.24, 2.45) is 0 Å². The van der Waals surface area contributed by atoms with Crippen molar-refractivity contribution in [2.75, 3.05) is 11.4 Å². The third kappa shape index (κ3) is 3.43. The number of aliphatic hydroxyl groups is 1. The van der Waals surface area contributed by atoms with Gasteiger partial charge in [-0.05, 0) is 44.4 Å². The van der Waals surface area contributed by atoms with Gasteiger partial charge in [0.2, 0.25) is 0 Å². The molecular formula is C16H24ClNO. The van der Waals surface area contributed by atoms with E-state index in [0.29, 0.717) is 6.04 Å². The first-order valence-electron chi connectivity index (χ1n) is 7.37. The second-order valence-electron chi connectivity index (χ2n) is 5.46. The molecule has 1 unspecified atom stereocenters. The number of anilines is 1. The van der Waals surface area contributed by atoms with E-state index in [9.17, 15) is 5.11 Å². The van der Waals surface area contributed by atoms with Crippen LogP contribution >= 0.6 is 11.6 Å². The molecule has 1 aliphatic carbocycles. The van der Waals surface area contributed by atoms with Gasteiger partial charge in [-0.15, -0.1) is 0 Å². The third-order valence-corrected chi connectivity index (χ3v) is 4.42. The molecule has 0 heterocycles. The summed E-state index contributed by atoms with van der Waals surface area (Å²) in [7, 11) is 0. The molecule has 3 heteroatoms. The highest BCUT2D eigenvalue weighted by atomic mass is 35.5. The smallest absolute Gasteiger partial charge is 0.0762 e. The lowest BCUT2D eigenvalue weighted by Crippen LogP contribution is -2.36. The minimum atomic E-state index is -0.462. The first kappa shape index (κ1) is 14.7. The van der Waals surface area contributed by atoms with E-state index in [4.69, 9.17) is 11.6 Å². The Kier molecular flexibility index (Phi) is 5.12. The number of hydrogen-bond acceptors (Lipinski definition) is 2. The van der Waals surface area contributed by atoms with Gasteiger partial charge in [-0.3, -0.25) is 0 Å². The molecule has 1 N–H and O–H groups in total. The number of aliphatic hydroxyl groups excluding tert-OH is 1. The maximum absolute atomic E-state index is 9.61. The van der Waals surface area contributed by atoms with Gasteiger partial charge < -0.3 is 10.0 Å². The van der Waals surface area contributed by atoms with Crippen LogP contribution in [0, 0.1) is 0 Å². The van der Waals surface area contributed by atoms with E-state index in [0.717, 1.165) is 22.8 Å². The quantitative estimate of drug-likeness (QED) is 0.875. The van der Waals surface area contributed by atoms with E-state index in [1.807, 2.05) is 12.1 Å². The Morgan fingerprint density at radius 3 is 2.53 bits per heavy atom. The summed E-state index contributed by atoms with van der Waals surface area (Å²) < 4.78 is 0. The number of halogens is 1. The summed E-state index contributed by atoms with van der Waals surface area (Å²) in [6, 6.07) is 6.56. The summed E-state index contributed by atoms with van der Waals surface area (Å²) in [4.78, 5) is 2.42. The Labute approximate surface area is 121 Å². The lowest BCUT2D eigenvalue weighted by molar-refractivity contribution is 0.199. The summed E-state index contributed by atoms with van der Waals surface area (Å²) in [6.07, 6.45) is 6.08. The Morgan fingerprint density at radius 2 is 2.00 bits per heavy atom. The zero-order valence-corrected chi connectivity index (χ0v) is 12.7. The van der Waals surface area contributed by atoms with Crippen LogP contribution in [0.4, 0.5) is 5.69 Å². The monoisotopic (exact) mass is 281 g/mol. The number of nitrogens with zero attached hydrogens (tertiary/aromatic N) is 1. The van der Waals surface area contributed by atoms with Gasteiger partial charge >= 0.3 is 0 Å². The predicted molar refractivity (Wildman–Crippen MR) is 82.0 cm³/mol. The Balaban J connectivity index is 2.22. The minimum absolute atomic E-state index is 0.462. The zero-order valence-electron chi connectivity index (χ0n) is 11.9. The van der Waals surface area contributed by atoms with E-state index in [1.165, 1.54) is 32.1 Å². The second kappa shape index (κ2) is 6.62. The van der Waals surface area contributed by atoms with Crippen LogP contribution in [0.15, 0.2) is 18.2 Å². The molecule has 0 aliphatic heterocycles. The fourth-order valence-corrected chi connectivity index (χ4v) is 3.33. The highest BCUT2D eigenvalue weighted by Gasteiger charge is 2.22. The lowest BCUT2D eigenvalue weighted by atomic mass is 9.93. The molecule has 2 rings (SSSR count). The second-order valence-corrected chi connectivity index (χ2v) is 5.87. The van der Waals surface area contributed by atoms with Gasteiger partial charge in [0.1, 0.15) is 0 Å². The average molecular weight is 282 g/mol. The largest absolute Gasteiger partial charge is 0.389 e. The minimum Gasteiger partial charge on any atom is -0.389 e. The normalized spacial score (nSPS) is 18.3. The van der Waals surface area contributed by atoms with Crippen molar-refractivity contribution in [2.45, 2.75) is 58.1 Å². The fraction of sp³-hybridized carbons (Fsp3) is 0.625. The molecule has 19 heavy (non-hydrogen) atoms. The predicted octanol–water partition coefficient (Wildman–Crippen LogP) is 4.55. The van der Waals surface area contributed by atoms with Gasteiger partial charge in [0.25, 0.3) is 0 Å². The third-order valence-electron chi connectivity index (χ3n) is 4.12. The van der Waals surface area contributed by atoms with Crippen molar-refractivity contribution < 1.29 is 5.11 Å². The van der Waals surface area contributed by atoms with Crippen LogP contribution in [0.3, 0.4) is 0 Å².